The lowest BCUT2D eigenvalue weighted by Crippen LogP contribution is -2.16. The molecule has 2 aromatic heterocycles. The summed E-state index contributed by atoms with van der Waals surface area (Å²) >= 11 is 3.37. The molecule has 176 valence electrons. The van der Waals surface area contributed by atoms with Crippen LogP contribution >= 0.6 is 15.9 Å². The summed E-state index contributed by atoms with van der Waals surface area (Å²) in [7, 11) is -2.18. The van der Waals surface area contributed by atoms with Crippen molar-refractivity contribution in [1.29, 1.82) is 0 Å². The van der Waals surface area contributed by atoms with Crippen LogP contribution in [0.15, 0.2) is 96.4 Å². The third-order valence-electron chi connectivity index (χ3n) is 5.52. The third kappa shape index (κ3) is 4.08. The number of H-pyrrole nitrogens is 1. The standard InChI is InChI=1S/C24H17BrN4O5S/c1-29-19(23(30)26-18-11-10-15(25)13-17(18)22-27-24(31)34-28-22)12-14-6-5-9-20(21(14)29)35(32,33)16-7-3-2-4-8-16/h2-13H,1H3,(H,26,30)(H,27,28,31). The van der Waals surface area contributed by atoms with Gasteiger partial charge in [0.05, 0.1) is 21.0 Å². The number of carbonyl (C=O) groups is 1. The topological polar surface area (TPSA) is 127 Å². The highest BCUT2D eigenvalue weighted by atomic mass is 79.9. The van der Waals surface area contributed by atoms with Gasteiger partial charge in [-0.3, -0.25) is 14.3 Å². The summed E-state index contributed by atoms with van der Waals surface area (Å²) in [6, 6.07) is 19.7. The van der Waals surface area contributed by atoms with Gasteiger partial charge in [-0.25, -0.2) is 13.2 Å². The zero-order chi connectivity index (χ0) is 24.7. The van der Waals surface area contributed by atoms with Gasteiger partial charge < -0.3 is 9.88 Å². The number of anilines is 1. The first kappa shape index (κ1) is 22.8. The lowest BCUT2D eigenvalue weighted by molar-refractivity contribution is 0.101. The molecule has 0 spiro atoms. The van der Waals surface area contributed by atoms with E-state index in [0.29, 0.717) is 26.6 Å². The van der Waals surface area contributed by atoms with Gasteiger partial charge in [0.1, 0.15) is 5.69 Å². The molecule has 5 aromatic rings. The number of fused-ring (bicyclic) bond motifs is 1. The largest absolute Gasteiger partial charge is 0.439 e. The Kier molecular flexibility index (Phi) is 5.65. The first-order valence-corrected chi connectivity index (χ1v) is 12.6. The van der Waals surface area contributed by atoms with Crippen LogP contribution in [-0.4, -0.2) is 29.0 Å². The number of nitrogens with one attached hydrogen (secondary N) is 2. The number of benzene rings is 3. The van der Waals surface area contributed by atoms with E-state index in [1.54, 1.807) is 66.2 Å². The quantitative estimate of drug-likeness (QED) is 0.333. The molecular weight excluding hydrogens is 536 g/mol. The van der Waals surface area contributed by atoms with E-state index in [-0.39, 0.29) is 21.3 Å². The van der Waals surface area contributed by atoms with Gasteiger partial charge in [0.2, 0.25) is 9.84 Å². The number of amides is 1. The van der Waals surface area contributed by atoms with Gasteiger partial charge in [-0.2, -0.15) is 0 Å². The van der Waals surface area contributed by atoms with E-state index in [1.165, 1.54) is 18.2 Å². The van der Waals surface area contributed by atoms with Crippen molar-refractivity contribution in [3.8, 4) is 11.4 Å². The molecule has 35 heavy (non-hydrogen) atoms. The van der Waals surface area contributed by atoms with Gasteiger partial charge in [-0.05, 0) is 42.5 Å². The van der Waals surface area contributed by atoms with Crippen molar-refractivity contribution in [2.75, 3.05) is 5.32 Å². The Balaban J connectivity index is 1.58. The van der Waals surface area contributed by atoms with E-state index < -0.39 is 21.5 Å². The number of hydrogen-bond donors (Lipinski definition) is 2. The minimum atomic E-state index is -3.81. The van der Waals surface area contributed by atoms with Crippen LogP contribution in [0.3, 0.4) is 0 Å². The van der Waals surface area contributed by atoms with Crippen LogP contribution in [0, 0.1) is 0 Å². The minimum absolute atomic E-state index is 0.104. The maximum Gasteiger partial charge on any atom is 0.439 e. The summed E-state index contributed by atoms with van der Waals surface area (Å²) in [4.78, 5) is 27.5. The van der Waals surface area contributed by atoms with E-state index in [9.17, 15) is 18.0 Å². The Morgan fingerprint density at radius 1 is 1.06 bits per heavy atom. The van der Waals surface area contributed by atoms with Crippen molar-refractivity contribution in [3.05, 3.63) is 93.5 Å². The Labute approximate surface area is 207 Å². The zero-order valence-electron chi connectivity index (χ0n) is 18.2. The van der Waals surface area contributed by atoms with Crippen molar-refractivity contribution in [1.82, 2.24) is 14.7 Å². The van der Waals surface area contributed by atoms with Crippen molar-refractivity contribution >= 4 is 48.3 Å². The van der Waals surface area contributed by atoms with E-state index >= 15 is 0 Å². The predicted molar refractivity (Wildman–Crippen MR) is 133 cm³/mol. The first-order chi connectivity index (χ1) is 16.8. The lowest BCUT2D eigenvalue weighted by Gasteiger charge is -2.11. The van der Waals surface area contributed by atoms with Gasteiger partial charge in [-0.1, -0.05) is 51.4 Å². The fourth-order valence-electron chi connectivity index (χ4n) is 3.89. The molecule has 0 saturated carbocycles. The zero-order valence-corrected chi connectivity index (χ0v) is 20.6. The number of para-hydroxylation sites is 1. The summed E-state index contributed by atoms with van der Waals surface area (Å²) in [5.41, 5.74) is 1.48. The second-order valence-electron chi connectivity index (χ2n) is 7.69. The van der Waals surface area contributed by atoms with Gasteiger partial charge in [0.15, 0.2) is 5.82 Å². The highest BCUT2D eigenvalue weighted by molar-refractivity contribution is 9.10. The van der Waals surface area contributed by atoms with E-state index in [4.69, 9.17) is 0 Å². The van der Waals surface area contributed by atoms with Gasteiger partial charge in [0, 0.05) is 22.5 Å². The molecule has 11 heteroatoms. The predicted octanol–water partition coefficient (Wildman–Crippen LogP) is 4.37. The SMILES string of the molecule is Cn1c(C(=O)Nc2ccc(Br)cc2-c2noc(=O)[nH]2)cc2cccc(S(=O)(=O)c3ccccc3)c21. The molecule has 0 fully saturated rings. The van der Waals surface area contributed by atoms with Crippen molar-refractivity contribution < 1.29 is 17.7 Å². The normalized spacial score (nSPS) is 11.6. The molecule has 0 aliphatic heterocycles. The molecule has 0 aliphatic rings. The van der Waals surface area contributed by atoms with Crippen LogP contribution in [0.5, 0.6) is 0 Å². The third-order valence-corrected chi connectivity index (χ3v) is 7.81. The fourth-order valence-corrected chi connectivity index (χ4v) is 5.79. The van der Waals surface area contributed by atoms with Crippen LogP contribution in [0.25, 0.3) is 22.3 Å². The highest BCUT2D eigenvalue weighted by Gasteiger charge is 2.24. The van der Waals surface area contributed by atoms with E-state index in [1.807, 2.05) is 0 Å². The van der Waals surface area contributed by atoms with Crippen LogP contribution < -0.4 is 11.1 Å². The molecular formula is C24H17BrN4O5S. The molecule has 5 rings (SSSR count). The molecule has 0 aliphatic carbocycles. The number of aromatic amines is 1. The summed E-state index contributed by atoms with van der Waals surface area (Å²) < 4.78 is 33.5. The number of sulfone groups is 1. The average Bonchev–Trinajstić information content (AvgIpc) is 3.44. The minimum Gasteiger partial charge on any atom is -0.339 e. The van der Waals surface area contributed by atoms with Crippen LogP contribution in [0.4, 0.5) is 5.69 Å². The number of carbonyl (C=O) groups excluding carboxylic acids is 1. The molecule has 0 atom stereocenters. The number of hydrogen-bond acceptors (Lipinski definition) is 6. The number of aromatic nitrogens is 3. The lowest BCUT2D eigenvalue weighted by atomic mass is 10.1. The maximum atomic E-state index is 13.3. The molecule has 3 aromatic carbocycles. The Bertz CT molecular complexity index is 1750. The smallest absolute Gasteiger partial charge is 0.339 e. The van der Waals surface area contributed by atoms with Crippen LogP contribution in [-0.2, 0) is 16.9 Å². The maximum absolute atomic E-state index is 13.3. The van der Waals surface area contributed by atoms with Crippen LogP contribution in [0.1, 0.15) is 10.5 Å². The molecule has 0 saturated heterocycles. The van der Waals surface area contributed by atoms with E-state index in [2.05, 4.69) is 35.9 Å². The number of aryl methyl sites for hydroxylation is 1. The molecule has 2 heterocycles. The molecule has 0 radical (unpaired) electrons. The number of halogens is 1. The Morgan fingerprint density at radius 2 is 1.83 bits per heavy atom. The van der Waals surface area contributed by atoms with E-state index in [0.717, 1.165) is 0 Å². The Morgan fingerprint density at radius 3 is 2.54 bits per heavy atom. The first-order valence-electron chi connectivity index (χ1n) is 10.3. The molecule has 0 bridgehead atoms. The molecule has 2 N–H and O–H groups in total. The fraction of sp³-hybridized carbons (Fsp3) is 0.0417. The monoisotopic (exact) mass is 552 g/mol. The molecule has 9 nitrogen and oxygen atoms in total. The average molecular weight is 553 g/mol. The van der Waals surface area contributed by atoms with Gasteiger partial charge in [-0.15, -0.1) is 0 Å². The summed E-state index contributed by atoms with van der Waals surface area (Å²) in [6.45, 7) is 0. The molecule has 0 unspecified atom stereocenters. The van der Waals surface area contributed by atoms with Crippen molar-refractivity contribution in [2.24, 2.45) is 7.05 Å². The van der Waals surface area contributed by atoms with Crippen molar-refractivity contribution in [2.45, 2.75) is 9.79 Å². The van der Waals surface area contributed by atoms with Crippen LogP contribution in [0.2, 0.25) is 0 Å². The second-order valence-corrected chi connectivity index (χ2v) is 10.5. The van der Waals surface area contributed by atoms with Gasteiger partial charge in [0.25, 0.3) is 5.91 Å². The highest BCUT2D eigenvalue weighted by Crippen LogP contribution is 2.32. The summed E-state index contributed by atoms with van der Waals surface area (Å²) in [5, 5.41) is 7.12. The van der Waals surface area contributed by atoms with Crippen molar-refractivity contribution in [3.63, 3.8) is 0 Å². The second kappa shape index (κ2) is 8.67. The summed E-state index contributed by atoms with van der Waals surface area (Å²) in [6.07, 6.45) is 0. The summed E-state index contributed by atoms with van der Waals surface area (Å²) in [5.74, 6) is -1.04. The number of rotatable bonds is 5. The Hall–Kier alpha value is -3.96. The van der Waals surface area contributed by atoms with Gasteiger partial charge >= 0.3 is 5.76 Å². The number of nitrogens with zero attached hydrogens (tertiary/aromatic N) is 2. The molecule has 1 amide bonds.